The van der Waals surface area contributed by atoms with E-state index in [1.165, 1.54) is 14.2 Å². The maximum atomic E-state index is 12.2. The fourth-order valence-electron chi connectivity index (χ4n) is 3.65. The molecule has 0 heterocycles. The summed E-state index contributed by atoms with van der Waals surface area (Å²) in [7, 11) is 2.53. The molecule has 0 aliphatic rings. The Hall–Kier alpha value is -2.80. The van der Waals surface area contributed by atoms with Crippen LogP contribution in [0.5, 0.6) is 0 Å². The van der Waals surface area contributed by atoms with Gasteiger partial charge in [0.25, 0.3) is 0 Å². The van der Waals surface area contributed by atoms with E-state index in [4.69, 9.17) is 21.1 Å². The third-order valence-electron chi connectivity index (χ3n) is 6.23. The number of nitrogens with one attached hydrogen (secondary N) is 6. The summed E-state index contributed by atoms with van der Waals surface area (Å²) in [5.41, 5.74) is 10.2. The fourth-order valence-corrected chi connectivity index (χ4v) is 5.12. The number of hydrogen-bond donors (Lipinski definition) is 6. The van der Waals surface area contributed by atoms with Gasteiger partial charge in [-0.05, 0) is 24.7 Å². The van der Waals surface area contributed by atoms with Crippen LogP contribution in [0.4, 0.5) is 0 Å². The molecule has 0 radical (unpaired) electrons. The lowest BCUT2D eigenvalue weighted by Gasteiger charge is -2.22. The summed E-state index contributed by atoms with van der Waals surface area (Å²) in [6.07, 6.45) is 0.954. The van der Waals surface area contributed by atoms with Crippen LogP contribution in [-0.2, 0) is 43.0 Å². The number of hydrogen-bond acceptors (Lipinski definition) is 13. The van der Waals surface area contributed by atoms with Crippen molar-refractivity contribution in [3.63, 3.8) is 0 Å². The number of alkyl halides is 1. The number of carbonyl (C=O) groups is 7. The van der Waals surface area contributed by atoms with Crippen LogP contribution < -0.4 is 32.3 Å². The van der Waals surface area contributed by atoms with Gasteiger partial charge >= 0.3 is 11.9 Å². The Morgan fingerprint density at radius 1 is 0.638 bits per heavy atom. The number of hydrazine groups is 2. The Balaban J connectivity index is 4.21. The van der Waals surface area contributed by atoms with Crippen molar-refractivity contribution in [3.05, 3.63) is 0 Å². The molecule has 0 spiro atoms. The summed E-state index contributed by atoms with van der Waals surface area (Å²) in [4.78, 5) is 85.5. The van der Waals surface area contributed by atoms with Crippen LogP contribution in [0.25, 0.3) is 0 Å². The third kappa shape index (κ3) is 20.9. The van der Waals surface area contributed by atoms with Crippen molar-refractivity contribution in [2.75, 3.05) is 69.3 Å². The molecule has 0 saturated carbocycles. The van der Waals surface area contributed by atoms with Crippen molar-refractivity contribution >= 4 is 76.6 Å². The molecule has 0 rings (SSSR count). The lowest BCUT2D eigenvalue weighted by atomic mass is 10.1. The number of rotatable bonds is 25. The summed E-state index contributed by atoms with van der Waals surface area (Å²) >= 11 is 7.95. The van der Waals surface area contributed by atoms with E-state index in [1.54, 1.807) is 32.6 Å². The van der Waals surface area contributed by atoms with Crippen LogP contribution in [0.1, 0.15) is 40.5 Å². The van der Waals surface area contributed by atoms with Crippen LogP contribution in [0.3, 0.4) is 0 Å². The van der Waals surface area contributed by atoms with E-state index in [2.05, 4.69) is 32.3 Å². The average Bonchev–Trinajstić information content (AvgIpc) is 3.02. The minimum Gasteiger partial charge on any atom is -0.468 e. The highest BCUT2D eigenvalue weighted by Gasteiger charge is 2.24. The number of amides is 5. The molecule has 6 N–H and O–H groups in total. The summed E-state index contributed by atoms with van der Waals surface area (Å²) in [5.74, 6) is -2.88. The Bertz CT molecular complexity index is 955. The number of esters is 2. The van der Waals surface area contributed by atoms with E-state index in [1.807, 2.05) is 0 Å². The van der Waals surface area contributed by atoms with E-state index >= 15 is 0 Å². The summed E-state index contributed by atoms with van der Waals surface area (Å²) < 4.78 is 9.39. The number of halogens is 1. The number of ether oxygens (including phenoxy) is 2. The van der Waals surface area contributed by atoms with Crippen LogP contribution in [0.15, 0.2) is 0 Å². The molecule has 5 amide bonds. The Morgan fingerprint density at radius 2 is 1.00 bits per heavy atom. The molecule has 0 unspecified atom stereocenters. The zero-order chi connectivity index (χ0) is 35.8. The van der Waals surface area contributed by atoms with Crippen molar-refractivity contribution in [1.29, 1.82) is 0 Å². The maximum absolute atomic E-state index is 12.2. The summed E-state index contributed by atoms with van der Waals surface area (Å²) in [6, 6.07) is -1.39. The highest BCUT2D eigenvalue weighted by Crippen LogP contribution is 2.05. The van der Waals surface area contributed by atoms with E-state index in [0.717, 1.165) is 23.5 Å². The molecule has 47 heavy (non-hydrogen) atoms. The van der Waals surface area contributed by atoms with Gasteiger partial charge in [-0.15, -0.1) is 35.1 Å². The zero-order valence-corrected chi connectivity index (χ0v) is 30.3. The number of methoxy groups -OCH3 is 2. The molecule has 19 heteroatoms. The van der Waals surface area contributed by atoms with Gasteiger partial charge in [-0.3, -0.25) is 44.4 Å². The van der Waals surface area contributed by atoms with Gasteiger partial charge in [0.2, 0.25) is 29.5 Å². The van der Waals surface area contributed by atoms with Crippen molar-refractivity contribution in [1.82, 2.24) is 37.2 Å². The largest absolute Gasteiger partial charge is 0.468 e. The predicted molar refractivity (Wildman–Crippen MR) is 181 cm³/mol. The lowest BCUT2D eigenvalue weighted by molar-refractivity contribution is -0.146. The van der Waals surface area contributed by atoms with Crippen LogP contribution in [0, 0.1) is 11.8 Å². The van der Waals surface area contributed by atoms with Crippen molar-refractivity contribution in [2.24, 2.45) is 11.8 Å². The molecule has 0 aromatic carbocycles. The van der Waals surface area contributed by atoms with Gasteiger partial charge in [0.1, 0.15) is 18.0 Å². The second-order valence-corrected chi connectivity index (χ2v) is 13.0. The van der Waals surface area contributed by atoms with Crippen LogP contribution in [0.2, 0.25) is 0 Å². The fraction of sp³-hybridized carbons (Fsp3) is 0.750. The zero-order valence-electron chi connectivity index (χ0n) is 27.9. The summed E-state index contributed by atoms with van der Waals surface area (Å²) in [5, 5.41) is 5.48. The molecule has 0 aliphatic carbocycles. The summed E-state index contributed by atoms with van der Waals surface area (Å²) in [6.45, 7) is 8.54. The highest BCUT2D eigenvalue weighted by atomic mass is 35.5. The highest BCUT2D eigenvalue weighted by molar-refractivity contribution is 8.00. The van der Waals surface area contributed by atoms with Gasteiger partial charge in [0.05, 0.1) is 37.2 Å². The minimum atomic E-state index is -0.694. The van der Waals surface area contributed by atoms with Gasteiger partial charge in [-0.1, -0.05) is 27.7 Å². The SMILES string of the molecule is COC(=O)[C@@H](NNC(=O)CSCC(=O)NCCCN(CCCNC(=O)CSCC(=O)NN[C@H](C(=O)OC)C(C)C)C(=O)CCl)C(C)C. The molecule has 0 bridgehead atoms. The van der Waals surface area contributed by atoms with Gasteiger partial charge in [0, 0.05) is 26.2 Å². The molecule has 0 saturated heterocycles. The molecule has 0 aromatic rings. The first kappa shape index (κ1) is 44.2. The molecule has 2 atom stereocenters. The number of carbonyl (C=O) groups excluding carboxylic acids is 7. The number of nitrogens with zero attached hydrogens (tertiary/aromatic N) is 1. The van der Waals surface area contributed by atoms with E-state index in [9.17, 15) is 33.6 Å². The predicted octanol–water partition coefficient (Wildman–Crippen LogP) is -0.830. The Morgan fingerprint density at radius 3 is 1.32 bits per heavy atom. The van der Waals surface area contributed by atoms with E-state index < -0.39 is 35.8 Å². The molecule has 0 aromatic heterocycles. The second kappa shape index (κ2) is 26.2. The average molecular weight is 728 g/mol. The second-order valence-electron chi connectivity index (χ2n) is 10.8. The monoisotopic (exact) mass is 727 g/mol. The van der Waals surface area contributed by atoms with Gasteiger partial charge in [-0.25, -0.2) is 10.9 Å². The first-order valence-corrected chi connectivity index (χ1v) is 17.9. The maximum Gasteiger partial charge on any atom is 0.324 e. The molecule has 16 nitrogen and oxygen atoms in total. The normalized spacial score (nSPS) is 12.1. The van der Waals surface area contributed by atoms with Gasteiger partial charge in [-0.2, -0.15) is 0 Å². The molecule has 0 aliphatic heterocycles. The number of thioether (sulfide) groups is 2. The van der Waals surface area contributed by atoms with Gasteiger partial charge < -0.3 is 25.0 Å². The standard InChI is InChI=1S/C28H50ClN7O9S2/c1-18(2)25(27(42)44-5)34-32-22(39)16-46-14-20(37)30-9-7-11-36(24(41)13-29)12-8-10-31-21(38)15-47-17-23(40)33-35-26(19(3)4)28(43)45-6/h18-19,25-26,34-35H,7-17H2,1-6H3,(H,30,37)(H,31,38)(H,32,39)(H,33,40)/t25-,26-/m0/s1. The lowest BCUT2D eigenvalue weighted by Crippen LogP contribution is -2.51. The third-order valence-corrected chi connectivity index (χ3v) is 8.33. The topological polar surface area (TPSA) is 213 Å². The van der Waals surface area contributed by atoms with Gasteiger partial charge in [0.15, 0.2) is 0 Å². The van der Waals surface area contributed by atoms with E-state index in [0.29, 0.717) is 39.0 Å². The molecule has 270 valence electrons. The van der Waals surface area contributed by atoms with E-state index in [-0.39, 0.29) is 58.4 Å². The van der Waals surface area contributed by atoms with Crippen molar-refractivity contribution in [3.8, 4) is 0 Å². The Kier molecular flexibility index (Phi) is 24.6. The molecular formula is C28H50ClN7O9S2. The first-order valence-electron chi connectivity index (χ1n) is 15.0. The quantitative estimate of drug-likeness (QED) is 0.0294. The van der Waals surface area contributed by atoms with Crippen LogP contribution >= 0.6 is 35.1 Å². The minimum absolute atomic E-state index is 0.00373. The van der Waals surface area contributed by atoms with Crippen molar-refractivity contribution in [2.45, 2.75) is 52.6 Å². The van der Waals surface area contributed by atoms with Crippen LogP contribution in [-0.4, -0.2) is 128 Å². The molecular weight excluding hydrogens is 678 g/mol. The molecule has 0 fully saturated rings. The van der Waals surface area contributed by atoms with Crippen molar-refractivity contribution < 1.29 is 43.0 Å². The first-order chi connectivity index (χ1) is 22.3. The smallest absolute Gasteiger partial charge is 0.324 e. The Labute approximate surface area is 289 Å².